The van der Waals surface area contributed by atoms with E-state index in [1.807, 2.05) is 0 Å². The zero-order chi connectivity index (χ0) is 16.2. The second-order valence-electron chi connectivity index (χ2n) is 4.74. The Balaban J connectivity index is 2.92. The summed E-state index contributed by atoms with van der Waals surface area (Å²) in [7, 11) is 0. The molecule has 0 aromatic heterocycles. The summed E-state index contributed by atoms with van der Waals surface area (Å²) in [6, 6.07) is 1.56. The Hall–Kier alpha value is -2.05. The van der Waals surface area contributed by atoms with E-state index in [9.17, 15) is 27.9 Å². The molecule has 0 saturated carbocycles. The Labute approximate surface area is 120 Å². The number of carboxylic acids is 1. The second-order valence-corrected chi connectivity index (χ2v) is 4.74. The van der Waals surface area contributed by atoms with E-state index in [1.54, 1.807) is 13.8 Å². The summed E-state index contributed by atoms with van der Waals surface area (Å²) in [6.45, 7) is 3.26. The smallest absolute Gasteiger partial charge is 0.310 e. The molecule has 2 N–H and O–H groups in total. The lowest BCUT2D eigenvalue weighted by Gasteiger charge is -2.25. The van der Waals surface area contributed by atoms with Crippen LogP contribution in [0.5, 0.6) is 0 Å². The Kier molecular flexibility index (Phi) is 5.34. The first-order chi connectivity index (χ1) is 9.77. The van der Waals surface area contributed by atoms with Gasteiger partial charge in [0.25, 0.3) is 0 Å². The first kappa shape index (κ1) is 17.0. The average molecular weight is 303 g/mol. The van der Waals surface area contributed by atoms with Gasteiger partial charge in [0.05, 0.1) is 11.1 Å². The van der Waals surface area contributed by atoms with Crippen LogP contribution in [0, 0.1) is 22.9 Å². The van der Waals surface area contributed by atoms with Crippen LogP contribution in [0.4, 0.5) is 18.9 Å². The number of rotatable bonds is 6. The van der Waals surface area contributed by atoms with Gasteiger partial charge in [-0.15, -0.1) is 0 Å². The predicted molar refractivity (Wildman–Crippen MR) is 70.2 cm³/mol. The first-order valence-electron chi connectivity index (χ1n) is 6.44. The predicted octanol–water partition coefficient (Wildman–Crippen LogP) is 3.32. The van der Waals surface area contributed by atoms with Gasteiger partial charge < -0.3 is 10.4 Å². The molecule has 1 aromatic rings. The highest BCUT2D eigenvalue weighted by Gasteiger charge is 2.37. The molecule has 1 rings (SSSR count). The zero-order valence-electron chi connectivity index (χ0n) is 11.7. The molecule has 0 atom stereocenters. The zero-order valence-corrected chi connectivity index (χ0v) is 11.7. The van der Waals surface area contributed by atoms with Crippen LogP contribution >= 0.6 is 0 Å². The number of carboxylic acid groups (broad SMARTS) is 1. The lowest BCUT2D eigenvalue weighted by Crippen LogP contribution is -2.34. The van der Waals surface area contributed by atoms with Gasteiger partial charge in [-0.25, -0.2) is 13.2 Å². The molecule has 21 heavy (non-hydrogen) atoms. The van der Waals surface area contributed by atoms with E-state index >= 15 is 0 Å². The molecule has 0 aliphatic carbocycles. The summed E-state index contributed by atoms with van der Waals surface area (Å²) in [5, 5.41) is 11.3. The third-order valence-electron chi connectivity index (χ3n) is 3.62. The van der Waals surface area contributed by atoms with Crippen molar-refractivity contribution in [3.8, 4) is 0 Å². The maximum Gasteiger partial charge on any atom is 0.310 e. The molecule has 0 aliphatic rings. The van der Waals surface area contributed by atoms with Gasteiger partial charge in [-0.2, -0.15) is 0 Å². The Morgan fingerprint density at radius 3 is 2.19 bits per heavy atom. The van der Waals surface area contributed by atoms with E-state index in [1.165, 1.54) is 0 Å². The maximum atomic E-state index is 13.4. The maximum absolute atomic E-state index is 13.4. The number of hydrogen-bond donors (Lipinski definition) is 2. The minimum absolute atomic E-state index is 0.215. The molecule has 0 unspecified atom stereocenters. The topological polar surface area (TPSA) is 66.4 Å². The lowest BCUT2D eigenvalue weighted by molar-refractivity contribution is -0.151. The van der Waals surface area contributed by atoms with E-state index in [2.05, 4.69) is 5.32 Å². The van der Waals surface area contributed by atoms with Crippen molar-refractivity contribution >= 4 is 17.6 Å². The summed E-state index contributed by atoms with van der Waals surface area (Å²) < 4.78 is 39.3. The fraction of sp³-hybridized carbons (Fsp3) is 0.429. The number of anilines is 1. The SMILES string of the molecule is CCC(CC)(CC(=O)Nc1ccc(F)c(F)c1F)C(=O)O. The van der Waals surface area contributed by atoms with Gasteiger partial charge in [-0.1, -0.05) is 13.8 Å². The van der Waals surface area contributed by atoms with E-state index in [0.717, 1.165) is 6.07 Å². The molecule has 1 aromatic carbocycles. The van der Waals surface area contributed by atoms with Crippen molar-refractivity contribution in [3.05, 3.63) is 29.6 Å². The Morgan fingerprint density at radius 2 is 1.71 bits per heavy atom. The third kappa shape index (κ3) is 3.53. The number of halogens is 3. The van der Waals surface area contributed by atoms with Crippen LogP contribution in [-0.2, 0) is 9.59 Å². The van der Waals surface area contributed by atoms with Gasteiger partial charge in [0.15, 0.2) is 17.5 Å². The standard InChI is InChI=1S/C14H16F3NO3/c1-3-14(4-2,13(20)21)7-10(19)18-9-6-5-8(15)11(16)12(9)17/h5-6H,3-4,7H2,1-2H3,(H,18,19)(H,20,21). The van der Waals surface area contributed by atoms with Crippen molar-refractivity contribution in [2.45, 2.75) is 33.1 Å². The molecule has 0 saturated heterocycles. The largest absolute Gasteiger partial charge is 0.481 e. The Morgan fingerprint density at radius 1 is 1.14 bits per heavy atom. The number of hydrogen-bond acceptors (Lipinski definition) is 2. The van der Waals surface area contributed by atoms with Crippen LogP contribution < -0.4 is 5.32 Å². The van der Waals surface area contributed by atoms with Crippen LogP contribution in [0.25, 0.3) is 0 Å². The van der Waals surface area contributed by atoms with Gasteiger partial charge in [-0.05, 0) is 25.0 Å². The summed E-state index contributed by atoms with van der Waals surface area (Å²) in [4.78, 5) is 23.1. The van der Waals surface area contributed by atoms with Crippen LogP contribution in [0.2, 0.25) is 0 Å². The number of aliphatic carboxylic acids is 1. The Bertz CT molecular complexity index is 557. The summed E-state index contributed by atoms with van der Waals surface area (Å²) in [5.41, 5.74) is -1.79. The van der Waals surface area contributed by atoms with Crippen molar-refractivity contribution in [3.63, 3.8) is 0 Å². The van der Waals surface area contributed by atoms with E-state index in [4.69, 9.17) is 0 Å². The fourth-order valence-electron chi connectivity index (χ4n) is 2.00. The van der Waals surface area contributed by atoms with Gasteiger partial charge in [0.2, 0.25) is 5.91 Å². The van der Waals surface area contributed by atoms with Gasteiger partial charge >= 0.3 is 5.97 Å². The molecule has 1 amide bonds. The molecule has 0 aliphatic heterocycles. The first-order valence-corrected chi connectivity index (χ1v) is 6.44. The fourth-order valence-corrected chi connectivity index (χ4v) is 2.00. The minimum atomic E-state index is -1.69. The average Bonchev–Trinajstić information content (AvgIpc) is 2.45. The van der Waals surface area contributed by atoms with Gasteiger partial charge in [0.1, 0.15) is 0 Å². The molecule has 4 nitrogen and oxygen atoms in total. The van der Waals surface area contributed by atoms with Crippen molar-refractivity contribution in [2.24, 2.45) is 5.41 Å². The quantitative estimate of drug-likeness (QED) is 0.792. The highest BCUT2D eigenvalue weighted by molar-refractivity contribution is 5.94. The van der Waals surface area contributed by atoms with Crippen molar-refractivity contribution in [1.82, 2.24) is 0 Å². The third-order valence-corrected chi connectivity index (χ3v) is 3.62. The second kappa shape index (κ2) is 6.60. The lowest BCUT2D eigenvalue weighted by atomic mass is 9.79. The number of amides is 1. The molecule has 0 radical (unpaired) electrons. The summed E-state index contributed by atoms with van der Waals surface area (Å²) >= 11 is 0. The molecule has 0 spiro atoms. The van der Waals surface area contributed by atoms with Crippen LogP contribution in [0.1, 0.15) is 33.1 Å². The normalized spacial score (nSPS) is 11.3. The molecule has 0 fully saturated rings. The monoisotopic (exact) mass is 303 g/mol. The molecule has 0 bridgehead atoms. The van der Waals surface area contributed by atoms with Crippen LogP contribution in [-0.4, -0.2) is 17.0 Å². The molecule has 116 valence electrons. The number of nitrogens with one attached hydrogen (secondary N) is 1. The van der Waals surface area contributed by atoms with Crippen molar-refractivity contribution in [1.29, 1.82) is 0 Å². The molecular weight excluding hydrogens is 287 g/mol. The number of benzene rings is 1. The molecular formula is C14H16F3NO3. The van der Waals surface area contributed by atoms with E-state index in [0.29, 0.717) is 6.07 Å². The van der Waals surface area contributed by atoms with Gasteiger partial charge in [0, 0.05) is 6.42 Å². The minimum Gasteiger partial charge on any atom is -0.481 e. The highest BCUT2D eigenvalue weighted by Crippen LogP contribution is 2.31. The van der Waals surface area contributed by atoms with Crippen molar-refractivity contribution < 1.29 is 27.9 Å². The van der Waals surface area contributed by atoms with Crippen LogP contribution in [0.3, 0.4) is 0 Å². The number of carbonyl (C=O) groups excluding carboxylic acids is 1. The van der Waals surface area contributed by atoms with Crippen molar-refractivity contribution in [2.75, 3.05) is 5.32 Å². The highest BCUT2D eigenvalue weighted by atomic mass is 19.2. The van der Waals surface area contributed by atoms with E-state index < -0.39 is 40.4 Å². The molecule has 0 heterocycles. The van der Waals surface area contributed by atoms with Gasteiger partial charge in [-0.3, -0.25) is 9.59 Å². The summed E-state index contributed by atoms with van der Waals surface area (Å²) in [5.74, 6) is -6.48. The van der Waals surface area contributed by atoms with E-state index in [-0.39, 0.29) is 19.3 Å². The number of carbonyl (C=O) groups is 2. The van der Waals surface area contributed by atoms with Crippen LogP contribution in [0.15, 0.2) is 12.1 Å². The summed E-state index contributed by atoms with van der Waals surface area (Å²) in [6.07, 6.45) is 0.0484. The molecule has 7 heteroatoms.